The van der Waals surface area contributed by atoms with Crippen LogP contribution in [0.4, 0.5) is 0 Å². The van der Waals surface area contributed by atoms with Gasteiger partial charge in [-0.25, -0.2) is 4.98 Å². The van der Waals surface area contributed by atoms with Gasteiger partial charge in [0.1, 0.15) is 23.0 Å². The van der Waals surface area contributed by atoms with Crippen LogP contribution < -0.4 is 10.3 Å². The fraction of sp³-hybridized carbons (Fsp3) is 0.400. The zero-order valence-electron chi connectivity index (χ0n) is 15.2. The largest absolute Gasteiger partial charge is 0.492 e. The molecule has 3 aromatic rings. The van der Waals surface area contributed by atoms with Gasteiger partial charge < -0.3 is 9.72 Å². The Morgan fingerprint density at radius 1 is 1.27 bits per heavy atom. The third kappa shape index (κ3) is 3.52. The molecule has 1 N–H and O–H groups in total. The average Bonchev–Trinajstić information content (AvgIpc) is 3.17. The highest BCUT2D eigenvalue weighted by molar-refractivity contribution is 7.18. The van der Waals surface area contributed by atoms with E-state index in [0.717, 1.165) is 47.6 Å². The Balaban J connectivity index is 1.39. The van der Waals surface area contributed by atoms with Crippen LogP contribution in [0.1, 0.15) is 28.2 Å². The zero-order valence-corrected chi connectivity index (χ0v) is 16.0. The molecule has 1 aliphatic carbocycles. The lowest BCUT2D eigenvalue weighted by Gasteiger charge is -2.16. The van der Waals surface area contributed by atoms with Crippen molar-refractivity contribution in [1.82, 2.24) is 14.9 Å². The van der Waals surface area contributed by atoms with Gasteiger partial charge in [0.25, 0.3) is 5.56 Å². The topological polar surface area (TPSA) is 58.2 Å². The van der Waals surface area contributed by atoms with E-state index in [0.29, 0.717) is 13.2 Å². The highest BCUT2D eigenvalue weighted by atomic mass is 32.1. The number of nitrogens with one attached hydrogen (secondary N) is 1. The summed E-state index contributed by atoms with van der Waals surface area (Å²) in [7, 11) is 2.01. The van der Waals surface area contributed by atoms with Gasteiger partial charge in [0.15, 0.2) is 0 Å². The zero-order chi connectivity index (χ0) is 18.1. The Hall–Kier alpha value is -2.18. The lowest BCUT2D eigenvalue weighted by atomic mass is 10.2. The molecule has 5 nitrogen and oxygen atoms in total. The molecule has 136 valence electrons. The molecule has 0 fully saturated rings. The van der Waals surface area contributed by atoms with Crippen LogP contribution >= 0.6 is 11.3 Å². The molecule has 0 radical (unpaired) electrons. The molecule has 2 heterocycles. The number of fused-ring (bicyclic) bond motifs is 3. The first-order chi connectivity index (χ1) is 12.6. The minimum Gasteiger partial charge on any atom is -0.492 e. The molecule has 0 atom stereocenters. The van der Waals surface area contributed by atoms with Crippen molar-refractivity contribution in [3.63, 3.8) is 0 Å². The van der Waals surface area contributed by atoms with Crippen LogP contribution in [0.15, 0.2) is 29.1 Å². The van der Waals surface area contributed by atoms with Gasteiger partial charge in [-0.3, -0.25) is 9.69 Å². The lowest BCUT2D eigenvalue weighted by molar-refractivity contribution is 0.230. The Morgan fingerprint density at radius 2 is 2.08 bits per heavy atom. The summed E-state index contributed by atoms with van der Waals surface area (Å²) in [6.45, 7) is 4.02. The van der Waals surface area contributed by atoms with Crippen molar-refractivity contribution in [3.05, 3.63) is 56.4 Å². The van der Waals surface area contributed by atoms with E-state index in [1.807, 2.05) is 31.3 Å². The SMILES string of the molecule is Cc1ccc(OCCN(C)Cc2nc3sc4c(c3c(=O)[nH]2)CCC4)cc1. The van der Waals surface area contributed by atoms with Crippen molar-refractivity contribution in [2.75, 3.05) is 20.2 Å². The van der Waals surface area contributed by atoms with Gasteiger partial charge >= 0.3 is 0 Å². The molecule has 0 amide bonds. The van der Waals surface area contributed by atoms with Gasteiger partial charge in [-0.2, -0.15) is 0 Å². The molecule has 0 aliphatic heterocycles. The van der Waals surface area contributed by atoms with E-state index in [2.05, 4.69) is 16.8 Å². The highest BCUT2D eigenvalue weighted by Gasteiger charge is 2.21. The number of nitrogens with zero attached hydrogens (tertiary/aromatic N) is 2. The van der Waals surface area contributed by atoms with Gasteiger partial charge in [0, 0.05) is 11.4 Å². The quantitative estimate of drug-likeness (QED) is 0.724. The molecule has 1 aromatic carbocycles. The first-order valence-corrected chi connectivity index (χ1v) is 9.83. The molecule has 0 bridgehead atoms. The molecule has 6 heteroatoms. The highest BCUT2D eigenvalue weighted by Crippen LogP contribution is 2.34. The molecule has 0 unspecified atom stereocenters. The van der Waals surface area contributed by atoms with E-state index in [-0.39, 0.29) is 5.56 Å². The van der Waals surface area contributed by atoms with Crippen molar-refractivity contribution in [2.45, 2.75) is 32.7 Å². The van der Waals surface area contributed by atoms with Crippen molar-refractivity contribution in [2.24, 2.45) is 0 Å². The summed E-state index contributed by atoms with van der Waals surface area (Å²) in [6, 6.07) is 8.05. The predicted molar refractivity (Wildman–Crippen MR) is 105 cm³/mol. The smallest absolute Gasteiger partial charge is 0.259 e. The van der Waals surface area contributed by atoms with Crippen LogP contribution in [0.3, 0.4) is 0 Å². The number of benzene rings is 1. The van der Waals surface area contributed by atoms with Crippen LogP contribution in [0.25, 0.3) is 10.2 Å². The molecule has 0 saturated carbocycles. The summed E-state index contributed by atoms with van der Waals surface area (Å²) in [5, 5.41) is 0.816. The van der Waals surface area contributed by atoms with E-state index >= 15 is 0 Å². The Kier molecular flexibility index (Phi) is 4.78. The second kappa shape index (κ2) is 7.21. The Bertz CT molecular complexity index is 975. The van der Waals surface area contributed by atoms with Crippen LogP contribution in [-0.4, -0.2) is 35.1 Å². The fourth-order valence-electron chi connectivity index (χ4n) is 3.41. The summed E-state index contributed by atoms with van der Waals surface area (Å²) < 4.78 is 5.77. The number of aromatic nitrogens is 2. The van der Waals surface area contributed by atoms with E-state index in [9.17, 15) is 4.79 Å². The van der Waals surface area contributed by atoms with E-state index < -0.39 is 0 Å². The number of H-pyrrole nitrogens is 1. The number of hydrogen-bond acceptors (Lipinski definition) is 5. The molecular weight excluding hydrogens is 346 g/mol. The van der Waals surface area contributed by atoms with Crippen molar-refractivity contribution >= 4 is 21.6 Å². The number of aromatic amines is 1. The van der Waals surface area contributed by atoms with Crippen LogP contribution in [0, 0.1) is 6.92 Å². The molecule has 4 rings (SSSR count). The molecule has 2 aromatic heterocycles. The van der Waals surface area contributed by atoms with E-state index in [4.69, 9.17) is 9.72 Å². The number of hydrogen-bond donors (Lipinski definition) is 1. The molecule has 26 heavy (non-hydrogen) atoms. The molecule has 0 saturated heterocycles. The second-order valence-electron chi connectivity index (χ2n) is 6.95. The first kappa shape index (κ1) is 17.2. The lowest BCUT2D eigenvalue weighted by Crippen LogP contribution is -2.26. The summed E-state index contributed by atoms with van der Waals surface area (Å²) in [6.07, 6.45) is 3.25. The third-order valence-corrected chi connectivity index (χ3v) is 5.99. The maximum absolute atomic E-state index is 12.5. The molecule has 1 aliphatic rings. The normalized spacial score (nSPS) is 13.5. The van der Waals surface area contributed by atoms with Crippen molar-refractivity contribution in [1.29, 1.82) is 0 Å². The minimum atomic E-state index is 0.00806. The number of ether oxygens (including phenoxy) is 1. The standard InChI is InChI=1S/C20H23N3O2S/c1-13-6-8-14(9-7-13)25-11-10-23(2)12-17-21-19(24)18-15-4-3-5-16(15)26-20(18)22-17/h6-9H,3-5,10-12H2,1-2H3,(H,21,22,24). The second-order valence-corrected chi connectivity index (χ2v) is 8.03. The summed E-state index contributed by atoms with van der Waals surface area (Å²) in [5.74, 6) is 1.60. The fourth-order valence-corrected chi connectivity index (χ4v) is 4.69. The van der Waals surface area contributed by atoms with Crippen LogP contribution in [0.2, 0.25) is 0 Å². The van der Waals surface area contributed by atoms with E-state index in [1.165, 1.54) is 16.0 Å². The van der Waals surface area contributed by atoms with Gasteiger partial charge in [0.05, 0.1) is 11.9 Å². The van der Waals surface area contributed by atoms with Crippen molar-refractivity contribution < 1.29 is 4.74 Å². The number of rotatable bonds is 6. The van der Waals surface area contributed by atoms with Crippen LogP contribution in [0.5, 0.6) is 5.75 Å². The van der Waals surface area contributed by atoms with E-state index in [1.54, 1.807) is 11.3 Å². The number of aryl methyl sites for hydroxylation is 3. The average molecular weight is 369 g/mol. The summed E-state index contributed by atoms with van der Waals surface area (Å²) in [4.78, 5) is 24.5. The molecular formula is C20H23N3O2S. The monoisotopic (exact) mass is 369 g/mol. The molecule has 0 spiro atoms. The number of likely N-dealkylation sites (N-methyl/N-ethyl adjacent to an activating group) is 1. The van der Waals surface area contributed by atoms with Crippen molar-refractivity contribution in [3.8, 4) is 5.75 Å². The maximum Gasteiger partial charge on any atom is 0.259 e. The predicted octanol–water partition coefficient (Wildman–Crippen LogP) is 3.29. The number of thiophene rings is 1. The Labute approximate surface area is 156 Å². The van der Waals surface area contributed by atoms with Crippen LogP contribution in [-0.2, 0) is 19.4 Å². The summed E-state index contributed by atoms with van der Waals surface area (Å²) in [5.41, 5.74) is 2.46. The van der Waals surface area contributed by atoms with Gasteiger partial charge in [-0.1, -0.05) is 17.7 Å². The minimum absolute atomic E-state index is 0.00806. The van der Waals surface area contributed by atoms with Gasteiger partial charge in [-0.05, 0) is 50.9 Å². The summed E-state index contributed by atoms with van der Waals surface area (Å²) >= 11 is 1.68. The first-order valence-electron chi connectivity index (χ1n) is 9.01. The third-order valence-electron chi connectivity index (χ3n) is 4.81. The maximum atomic E-state index is 12.5. The van der Waals surface area contributed by atoms with Gasteiger partial charge in [0.2, 0.25) is 0 Å². The Morgan fingerprint density at radius 3 is 2.88 bits per heavy atom. The van der Waals surface area contributed by atoms with Gasteiger partial charge in [-0.15, -0.1) is 11.3 Å².